The summed E-state index contributed by atoms with van der Waals surface area (Å²) in [6.45, 7) is 1.95. The van der Waals surface area contributed by atoms with Crippen LogP contribution < -0.4 is 5.32 Å². The van der Waals surface area contributed by atoms with Gasteiger partial charge in [-0.1, -0.05) is 22.0 Å². The summed E-state index contributed by atoms with van der Waals surface area (Å²) in [5, 5.41) is 3.25. The van der Waals surface area contributed by atoms with E-state index in [0.29, 0.717) is 8.95 Å². The standard InChI is InChI=1S/C14H11Br2F2N/c1-8(11-4-2-9(17)6-12(11)15)19-14-5-3-10(18)7-13(14)16/h2-8,19H,1H3. The summed E-state index contributed by atoms with van der Waals surface area (Å²) in [6, 6.07) is 8.96. The van der Waals surface area contributed by atoms with Crippen molar-refractivity contribution in [2.75, 3.05) is 5.32 Å². The molecule has 1 nitrogen and oxygen atoms in total. The quantitative estimate of drug-likeness (QED) is 0.712. The second-order valence-corrected chi connectivity index (χ2v) is 5.86. The van der Waals surface area contributed by atoms with Crippen molar-refractivity contribution < 1.29 is 8.78 Å². The van der Waals surface area contributed by atoms with E-state index in [1.165, 1.54) is 24.3 Å². The Balaban J connectivity index is 2.23. The maximum absolute atomic E-state index is 13.0. The van der Waals surface area contributed by atoms with Crippen LogP contribution in [0.4, 0.5) is 14.5 Å². The molecule has 1 N–H and O–H groups in total. The molecule has 2 rings (SSSR count). The van der Waals surface area contributed by atoms with Gasteiger partial charge in [0, 0.05) is 20.7 Å². The molecule has 0 aliphatic heterocycles. The maximum Gasteiger partial charge on any atom is 0.124 e. The number of nitrogens with one attached hydrogen (secondary N) is 1. The van der Waals surface area contributed by atoms with Crippen LogP contribution in [0.3, 0.4) is 0 Å². The van der Waals surface area contributed by atoms with Gasteiger partial charge in [0.2, 0.25) is 0 Å². The van der Waals surface area contributed by atoms with Crippen LogP contribution in [0.25, 0.3) is 0 Å². The van der Waals surface area contributed by atoms with E-state index in [2.05, 4.69) is 37.2 Å². The minimum absolute atomic E-state index is 0.0447. The second kappa shape index (κ2) is 6.01. The molecular formula is C14H11Br2F2N. The summed E-state index contributed by atoms with van der Waals surface area (Å²) in [5.41, 5.74) is 1.71. The molecule has 0 saturated carbocycles. The highest BCUT2D eigenvalue weighted by molar-refractivity contribution is 9.11. The summed E-state index contributed by atoms with van der Waals surface area (Å²) < 4.78 is 27.4. The van der Waals surface area contributed by atoms with Crippen molar-refractivity contribution >= 4 is 37.5 Å². The Morgan fingerprint density at radius 3 is 2.11 bits per heavy atom. The maximum atomic E-state index is 13.0. The van der Waals surface area contributed by atoms with E-state index >= 15 is 0 Å². The second-order valence-electron chi connectivity index (χ2n) is 4.16. The van der Waals surface area contributed by atoms with E-state index in [0.717, 1.165) is 11.3 Å². The molecule has 1 unspecified atom stereocenters. The Morgan fingerprint density at radius 1 is 0.947 bits per heavy atom. The first kappa shape index (κ1) is 14.5. The number of benzene rings is 2. The molecule has 0 fully saturated rings. The molecule has 0 radical (unpaired) electrons. The number of anilines is 1. The van der Waals surface area contributed by atoms with Crippen molar-refractivity contribution in [2.45, 2.75) is 13.0 Å². The van der Waals surface area contributed by atoms with Crippen molar-refractivity contribution in [1.82, 2.24) is 0 Å². The highest BCUT2D eigenvalue weighted by Gasteiger charge is 2.11. The molecule has 0 saturated heterocycles. The first-order chi connectivity index (χ1) is 8.97. The third kappa shape index (κ3) is 3.54. The fourth-order valence-corrected chi connectivity index (χ4v) is 2.93. The van der Waals surface area contributed by atoms with Gasteiger partial charge in [0.15, 0.2) is 0 Å². The topological polar surface area (TPSA) is 12.0 Å². The molecule has 2 aromatic rings. The SMILES string of the molecule is CC(Nc1ccc(F)cc1Br)c1ccc(F)cc1Br. The van der Waals surface area contributed by atoms with Gasteiger partial charge in [0.25, 0.3) is 0 Å². The van der Waals surface area contributed by atoms with Gasteiger partial charge in [-0.05, 0) is 58.7 Å². The minimum Gasteiger partial charge on any atom is -0.378 e. The first-order valence-corrected chi connectivity index (χ1v) is 7.22. The van der Waals surface area contributed by atoms with Crippen LogP contribution >= 0.6 is 31.9 Å². The van der Waals surface area contributed by atoms with Crippen LogP contribution in [0.2, 0.25) is 0 Å². The Kier molecular flexibility index (Phi) is 4.58. The molecule has 0 spiro atoms. The molecule has 0 aliphatic rings. The monoisotopic (exact) mass is 389 g/mol. The summed E-state index contributed by atoms with van der Waals surface area (Å²) in [6.07, 6.45) is 0. The van der Waals surface area contributed by atoms with E-state index in [9.17, 15) is 8.78 Å². The molecular weight excluding hydrogens is 380 g/mol. The van der Waals surface area contributed by atoms with Crippen LogP contribution in [0.1, 0.15) is 18.5 Å². The fraction of sp³-hybridized carbons (Fsp3) is 0.143. The van der Waals surface area contributed by atoms with Crippen LogP contribution in [0, 0.1) is 11.6 Å². The lowest BCUT2D eigenvalue weighted by Gasteiger charge is -2.18. The van der Waals surface area contributed by atoms with E-state index in [1.54, 1.807) is 12.1 Å². The van der Waals surface area contributed by atoms with Crippen LogP contribution in [0.5, 0.6) is 0 Å². The molecule has 100 valence electrons. The van der Waals surface area contributed by atoms with Crippen molar-refractivity contribution in [3.05, 3.63) is 62.5 Å². The van der Waals surface area contributed by atoms with Gasteiger partial charge in [0.05, 0.1) is 0 Å². The summed E-state index contributed by atoms with van der Waals surface area (Å²) in [5.74, 6) is -0.584. The molecule has 0 bridgehead atoms. The number of rotatable bonds is 3. The lowest BCUT2D eigenvalue weighted by atomic mass is 10.1. The predicted octanol–water partition coefficient (Wildman–Crippen LogP) is 5.66. The molecule has 0 aliphatic carbocycles. The molecule has 19 heavy (non-hydrogen) atoms. The molecule has 2 aromatic carbocycles. The van der Waals surface area contributed by atoms with Gasteiger partial charge >= 0.3 is 0 Å². The third-order valence-electron chi connectivity index (χ3n) is 2.73. The normalized spacial score (nSPS) is 12.3. The highest BCUT2D eigenvalue weighted by atomic mass is 79.9. The zero-order valence-electron chi connectivity index (χ0n) is 10.1. The van der Waals surface area contributed by atoms with E-state index < -0.39 is 0 Å². The van der Waals surface area contributed by atoms with Gasteiger partial charge < -0.3 is 5.32 Å². The van der Waals surface area contributed by atoms with Gasteiger partial charge in [-0.3, -0.25) is 0 Å². The van der Waals surface area contributed by atoms with Crippen molar-refractivity contribution in [3.8, 4) is 0 Å². The van der Waals surface area contributed by atoms with Crippen LogP contribution in [0.15, 0.2) is 45.3 Å². The lowest BCUT2D eigenvalue weighted by molar-refractivity contribution is 0.624. The zero-order valence-corrected chi connectivity index (χ0v) is 13.2. The first-order valence-electron chi connectivity index (χ1n) is 5.64. The Morgan fingerprint density at radius 2 is 1.53 bits per heavy atom. The molecule has 1 atom stereocenters. The summed E-state index contributed by atoms with van der Waals surface area (Å²) in [7, 11) is 0. The average Bonchev–Trinajstić information content (AvgIpc) is 2.32. The largest absolute Gasteiger partial charge is 0.378 e. The van der Waals surface area contributed by atoms with Crippen LogP contribution in [-0.4, -0.2) is 0 Å². The van der Waals surface area contributed by atoms with Gasteiger partial charge in [-0.15, -0.1) is 0 Å². The highest BCUT2D eigenvalue weighted by Crippen LogP contribution is 2.30. The smallest absolute Gasteiger partial charge is 0.124 e. The summed E-state index contributed by atoms with van der Waals surface area (Å²) in [4.78, 5) is 0. The minimum atomic E-state index is -0.298. The number of hydrogen-bond acceptors (Lipinski definition) is 1. The lowest BCUT2D eigenvalue weighted by Crippen LogP contribution is -2.08. The van der Waals surface area contributed by atoms with Gasteiger partial charge in [0.1, 0.15) is 11.6 Å². The fourth-order valence-electron chi connectivity index (χ4n) is 1.77. The Hall–Kier alpha value is -0.940. The van der Waals surface area contributed by atoms with E-state index in [-0.39, 0.29) is 17.7 Å². The van der Waals surface area contributed by atoms with Gasteiger partial charge in [-0.25, -0.2) is 8.78 Å². The Labute approximate surface area is 127 Å². The molecule has 5 heteroatoms. The van der Waals surface area contributed by atoms with Crippen LogP contribution in [-0.2, 0) is 0 Å². The van der Waals surface area contributed by atoms with Crippen molar-refractivity contribution in [3.63, 3.8) is 0 Å². The predicted molar refractivity (Wildman–Crippen MR) is 80.2 cm³/mol. The summed E-state index contributed by atoms with van der Waals surface area (Å²) >= 11 is 6.64. The molecule has 0 aromatic heterocycles. The number of halogens is 4. The average molecular weight is 391 g/mol. The van der Waals surface area contributed by atoms with Crippen molar-refractivity contribution in [1.29, 1.82) is 0 Å². The van der Waals surface area contributed by atoms with Crippen molar-refractivity contribution in [2.24, 2.45) is 0 Å². The van der Waals surface area contributed by atoms with E-state index in [1.807, 2.05) is 6.92 Å². The Bertz CT molecular complexity index is 602. The number of hydrogen-bond donors (Lipinski definition) is 1. The van der Waals surface area contributed by atoms with E-state index in [4.69, 9.17) is 0 Å². The molecule has 0 amide bonds. The molecule has 0 heterocycles. The third-order valence-corrected chi connectivity index (χ3v) is 4.07. The van der Waals surface area contributed by atoms with Gasteiger partial charge in [-0.2, -0.15) is 0 Å². The zero-order chi connectivity index (χ0) is 14.0.